The zero-order valence-electron chi connectivity index (χ0n) is 9.77. The van der Waals surface area contributed by atoms with E-state index in [-0.39, 0.29) is 0 Å². The molecule has 0 aromatic carbocycles. The van der Waals surface area contributed by atoms with Gasteiger partial charge in [0.1, 0.15) is 0 Å². The highest BCUT2D eigenvalue weighted by molar-refractivity contribution is 5.13. The van der Waals surface area contributed by atoms with E-state index >= 15 is 0 Å². The maximum absolute atomic E-state index is 4.35. The fourth-order valence-electron chi connectivity index (χ4n) is 1.60. The zero-order valence-corrected chi connectivity index (χ0v) is 9.77. The van der Waals surface area contributed by atoms with Gasteiger partial charge in [0.2, 0.25) is 0 Å². The Hall–Kier alpha value is -1.61. The molecule has 3 nitrogen and oxygen atoms in total. The Morgan fingerprint density at radius 2 is 2.12 bits per heavy atom. The highest BCUT2D eigenvalue weighted by Crippen LogP contribution is 2.01. The van der Waals surface area contributed by atoms with E-state index in [1.165, 1.54) is 11.1 Å². The lowest BCUT2D eigenvalue weighted by molar-refractivity contribution is 0.678. The second-order valence-electron chi connectivity index (χ2n) is 4.12. The molecule has 16 heavy (non-hydrogen) atoms. The minimum Gasteiger partial charge on any atom is -0.357 e. The molecule has 2 rings (SSSR count). The zero-order chi connectivity index (χ0) is 11.4. The number of hydrogen-bond acceptors (Lipinski definition) is 2. The van der Waals surface area contributed by atoms with Crippen molar-refractivity contribution in [3.8, 4) is 0 Å². The molecule has 2 heterocycles. The molecule has 1 N–H and O–H groups in total. The first-order valence-corrected chi connectivity index (χ1v) is 5.47. The first-order chi connectivity index (χ1) is 7.74. The Morgan fingerprint density at radius 1 is 1.25 bits per heavy atom. The van der Waals surface area contributed by atoms with Crippen LogP contribution in [0, 0.1) is 6.92 Å². The van der Waals surface area contributed by atoms with Gasteiger partial charge >= 0.3 is 0 Å². The third-order valence-electron chi connectivity index (χ3n) is 2.50. The van der Waals surface area contributed by atoms with Gasteiger partial charge in [0.25, 0.3) is 0 Å². The molecular formula is C13H17N3. The molecule has 0 aliphatic rings. The average Bonchev–Trinajstić information content (AvgIpc) is 2.67. The van der Waals surface area contributed by atoms with Crippen LogP contribution in [0.1, 0.15) is 16.8 Å². The van der Waals surface area contributed by atoms with E-state index in [4.69, 9.17) is 0 Å². The van der Waals surface area contributed by atoms with Crippen molar-refractivity contribution in [2.75, 3.05) is 0 Å². The normalized spacial score (nSPS) is 10.6. The van der Waals surface area contributed by atoms with Crippen LogP contribution >= 0.6 is 0 Å². The summed E-state index contributed by atoms with van der Waals surface area (Å²) in [5.41, 5.74) is 3.59. The van der Waals surface area contributed by atoms with Crippen LogP contribution in [0.15, 0.2) is 36.8 Å². The van der Waals surface area contributed by atoms with E-state index in [1.807, 2.05) is 20.2 Å². The first kappa shape index (κ1) is 10.9. The van der Waals surface area contributed by atoms with Crippen molar-refractivity contribution >= 4 is 0 Å². The summed E-state index contributed by atoms with van der Waals surface area (Å²) in [6, 6.07) is 6.27. The summed E-state index contributed by atoms with van der Waals surface area (Å²) in [6.07, 6.45) is 6.08. The Morgan fingerprint density at radius 3 is 2.75 bits per heavy atom. The maximum atomic E-state index is 4.35. The van der Waals surface area contributed by atoms with Crippen LogP contribution in [0.2, 0.25) is 0 Å². The van der Waals surface area contributed by atoms with Crippen LogP contribution in [0.3, 0.4) is 0 Å². The molecule has 2 aromatic rings. The topological polar surface area (TPSA) is 29.9 Å². The molecule has 0 unspecified atom stereocenters. The fraction of sp³-hybridized carbons (Fsp3) is 0.308. The molecule has 0 radical (unpaired) electrons. The Kier molecular flexibility index (Phi) is 3.37. The Bertz CT molecular complexity index is 442. The minimum atomic E-state index is 0.815. The summed E-state index contributed by atoms with van der Waals surface area (Å²) in [5, 5.41) is 3.37. The predicted octanol–water partition coefficient (Wildman–Crippen LogP) is 2.02. The first-order valence-electron chi connectivity index (χ1n) is 5.47. The maximum Gasteiger partial charge on any atom is 0.0541 e. The van der Waals surface area contributed by atoms with Gasteiger partial charge in [0.05, 0.1) is 5.69 Å². The van der Waals surface area contributed by atoms with Gasteiger partial charge in [0, 0.05) is 38.7 Å². The van der Waals surface area contributed by atoms with E-state index in [1.54, 1.807) is 0 Å². The number of nitrogens with one attached hydrogen (secondary N) is 1. The lowest BCUT2D eigenvalue weighted by atomic mass is 10.2. The van der Waals surface area contributed by atoms with Crippen LogP contribution in [0.4, 0.5) is 0 Å². The van der Waals surface area contributed by atoms with E-state index in [0.29, 0.717) is 0 Å². The van der Waals surface area contributed by atoms with Crippen LogP contribution in [0.25, 0.3) is 0 Å². The van der Waals surface area contributed by atoms with Crippen molar-refractivity contribution < 1.29 is 0 Å². The van der Waals surface area contributed by atoms with Crippen LogP contribution in [0.5, 0.6) is 0 Å². The average molecular weight is 215 g/mol. The number of rotatable bonds is 4. The van der Waals surface area contributed by atoms with Crippen molar-refractivity contribution in [1.82, 2.24) is 14.9 Å². The second kappa shape index (κ2) is 4.94. The summed E-state index contributed by atoms with van der Waals surface area (Å²) in [4.78, 5) is 4.35. The van der Waals surface area contributed by atoms with E-state index in [9.17, 15) is 0 Å². The summed E-state index contributed by atoms with van der Waals surface area (Å²) in [5.74, 6) is 0. The van der Waals surface area contributed by atoms with Gasteiger partial charge in [-0.1, -0.05) is 6.07 Å². The number of nitrogens with zero attached hydrogens (tertiary/aromatic N) is 2. The SMILES string of the molecule is Cc1ccc(CNCc2ccn(C)c2)nc1. The fourth-order valence-corrected chi connectivity index (χ4v) is 1.60. The molecule has 84 valence electrons. The molecule has 2 aromatic heterocycles. The van der Waals surface area contributed by atoms with Crippen molar-refractivity contribution in [1.29, 1.82) is 0 Å². The quantitative estimate of drug-likeness (QED) is 0.845. The van der Waals surface area contributed by atoms with Crippen molar-refractivity contribution in [2.45, 2.75) is 20.0 Å². The number of pyridine rings is 1. The predicted molar refractivity (Wildman–Crippen MR) is 64.9 cm³/mol. The highest BCUT2D eigenvalue weighted by atomic mass is 14.9. The van der Waals surface area contributed by atoms with Crippen molar-refractivity contribution in [2.24, 2.45) is 7.05 Å². The van der Waals surface area contributed by atoms with Gasteiger partial charge in [-0.3, -0.25) is 4.98 Å². The minimum absolute atomic E-state index is 0.815. The number of aromatic nitrogens is 2. The van der Waals surface area contributed by atoms with Gasteiger partial charge in [-0.05, 0) is 30.2 Å². The molecular weight excluding hydrogens is 198 g/mol. The summed E-state index contributed by atoms with van der Waals surface area (Å²) in [7, 11) is 2.03. The number of hydrogen-bond donors (Lipinski definition) is 1. The van der Waals surface area contributed by atoms with E-state index < -0.39 is 0 Å². The lowest BCUT2D eigenvalue weighted by Crippen LogP contribution is -2.13. The van der Waals surface area contributed by atoms with Crippen molar-refractivity contribution in [3.63, 3.8) is 0 Å². The second-order valence-corrected chi connectivity index (χ2v) is 4.12. The van der Waals surface area contributed by atoms with Gasteiger partial charge in [-0.15, -0.1) is 0 Å². The number of aryl methyl sites for hydroxylation is 2. The van der Waals surface area contributed by atoms with Gasteiger partial charge in [-0.2, -0.15) is 0 Å². The lowest BCUT2D eigenvalue weighted by Gasteiger charge is -2.03. The van der Waals surface area contributed by atoms with Crippen LogP contribution in [-0.4, -0.2) is 9.55 Å². The Labute approximate surface area is 96.1 Å². The summed E-state index contributed by atoms with van der Waals surface area (Å²) in [6.45, 7) is 3.75. The van der Waals surface area contributed by atoms with Gasteiger partial charge in [0.15, 0.2) is 0 Å². The molecule has 0 saturated heterocycles. The monoisotopic (exact) mass is 215 g/mol. The van der Waals surface area contributed by atoms with Gasteiger partial charge in [-0.25, -0.2) is 0 Å². The summed E-state index contributed by atoms with van der Waals surface area (Å²) >= 11 is 0. The Balaban J connectivity index is 1.82. The molecule has 0 fully saturated rings. The van der Waals surface area contributed by atoms with E-state index in [0.717, 1.165) is 18.8 Å². The van der Waals surface area contributed by atoms with Crippen LogP contribution < -0.4 is 5.32 Å². The highest BCUT2D eigenvalue weighted by Gasteiger charge is 1.96. The van der Waals surface area contributed by atoms with Gasteiger partial charge < -0.3 is 9.88 Å². The van der Waals surface area contributed by atoms with E-state index in [2.05, 4.69) is 45.5 Å². The molecule has 0 bridgehead atoms. The van der Waals surface area contributed by atoms with Crippen molar-refractivity contribution in [3.05, 3.63) is 53.6 Å². The molecule has 0 amide bonds. The molecule has 0 saturated carbocycles. The molecule has 0 aliphatic heterocycles. The standard InChI is InChI=1S/C13H17N3/c1-11-3-4-13(15-7-11)9-14-8-12-5-6-16(2)10-12/h3-7,10,14H,8-9H2,1-2H3. The molecule has 0 spiro atoms. The molecule has 0 atom stereocenters. The third kappa shape index (κ3) is 2.94. The smallest absolute Gasteiger partial charge is 0.0541 e. The largest absolute Gasteiger partial charge is 0.357 e. The molecule has 0 aliphatic carbocycles. The summed E-state index contributed by atoms with van der Waals surface area (Å²) < 4.78 is 2.06. The third-order valence-corrected chi connectivity index (χ3v) is 2.50. The molecule has 3 heteroatoms. The van der Waals surface area contributed by atoms with Crippen LogP contribution in [-0.2, 0) is 20.1 Å².